The maximum atomic E-state index is 5.52. The van der Waals surface area contributed by atoms with Crippen molar-refractivity contribution < 1.29 is 4.52 Å². The van der Waals surface area contributed by atoms with E-state index < -0.39 is 0 Å². The van der Waals surface area contributed by atoms with Gasteiger partial charge in [0.25, 0.3) is 0 Å². The summed E-state index contributed by atoms with van der Waals surface area (Å²) in [5.41, 5.74) is 2.58. The highest BCUT2D eigenvalue weighted by Crippen LogP contribution is 2.36. The Balaban J connectivity index is 2.15. The summed E-state index contributed by atoms with van der Waals surface area (Å²) in [5.74, 6) is 2.38. The number of hydrogen-bond acceptors (Lipinski definition) is 3. The Labute approximate surface area is 104 Å². The SMILES string of the molecule is CC1Cc2c(CNC(C)(C)C)noc2C(C)C1. The largest absolute Gasteiger partial charge is 0.361 e. The minimum atomic E-state index is 0.123. The molecule has 2 atom stereocenters. The second-order valence-electron chi connectivity index (χ2n) is 6.52. The van der Waals surface area contributed by atoms with E-state index in [1.54, 1.807) is 0 Å². The summed E-state index contributed by atoms with van der Waals surface area (Å²) < 4.78 is 5.52. The van der Waals surface area contributed by atoms with Crippen LogP contribution in [0.2, 0.25) is 0 Å². The Bertz CT molecular complexity index is 389. The maximum absolute atomic E-state index is 5.52. The van der Waals surface area contributed by atoms with Crippen molar-refractivity contribution in [2.24, 2.45) is 5.92 Å². The average Bonchev–Trinajstić information content (AvgIpc) is 2.57. The Morgan fingerprint density at radius 3 is 2.71 bits per heavy atom. The van der Waals surface area contributed by atoms with Crippen molar-refractivity contribution in [2.45, 2.75) is 65.5 Å². The van der Waals surface area contributed by atoms with E-state index in [4.69, 9.17) is 4.52 Å². The topological polar surface area (TPSA) is 38.1 Å². The fraction of sp³-hybridized carbons (Fsp3) is 0.786. The normalized spacial score (nSPS) is 24.8. The molecule has 0 spiro atoms. The molecule has 0 aliphatic heterocycles. The standard InChI is InChI=1S/C14H24N2O/c1-9-6-10(2)13-11(7-9)12(16-17-13)8-15-14(3,4)5/h9-10,15H,6-8H2,1-5H3. The summed E-state index contributed by atoms with van der Waals surface area (Å²) >= 11 is 0. The predicted octanol–water partition coefficient (Wildman–Crippen LogP) is 3.25. The van der Waals surface area contributed by atoms with Crippen molar-refractivity contribution in [3.8, 4) is 0 Å². The van der Waals surface area contributed by atoms with Gasteiger partial charge >= 0.3 is 0 Å². The van der Waals surface area contributed by atoms with Crippen molar-refractivity contribution >= 4 is 0 Å². The van der Waals surface area contributed by atoms with Gasteiger partial charge in [0.1, 0.15) is 11.5 Å². The third-order valence-corrected chi connectivity index (χ3v) is 3.44. The van der Waals surface area contributed by atoms with Gasteiger partial charge in [-0.05, 0) is 39.5 Å². The number of nitrogens with zero attached hydrogens (tertiary/aromatic N) is 1. The second-order valence-corrected chi connectivity index (χ2v) is 6.52. The molecule has 1 aromatic heterocycles. The summed E-state index contributed by atoms with van der Waals surface area (Å²) in [6.45, 7) is 11.9. The average molecular weight is 236 g/mol. The number of fused-ring (bicyclic) bond motifs is 1. The molecule has 0 saturated carbocycles. The zero-order chi connectivity index (χ0) is 12.6. The van der Waals surface area contributed by atoms with Crippen LogP contribution in [0.3, 0.4) is 0 Å². The van der Waals surface area contributed by atoms with Crippen LogP contribution in [0.5, 0.6) is 0 Å². The van der Waals surface area contributed by atoms with E-state index in [0.29, 0.717) is 5.92 Å². The summed E-state index contributed by atoms with van der Waals surface area (Å²) in [5, 5.41) is 7.73. The summed E-state index contributed by atoms with van der Waals surface area (Å²) in [4.78, 5) is 0. The molecule has 1 aromatic rings. The third-order valence-electron chi connectivity index (χ3n) is 3.44. The van der Waals surface area contributed by atoms with Gasteiger partial charge < -0.3 is 9.84 Å². The zero-order valence-corrected chi connectivity index (χ0v) is 11.6. The minimum Gasteiger partial charge on any atom is -0.361 e. The smallest absolute Gasteiger partial charge is 0.143 e. The highest BCUT2D eigenvalue weighted by Gasteiger charge is 2.28. The molecule has 1 N–H and O–H groups in total. The Morgan fingerprint density at radius 2 is 2.06 bits per heavy atom. The van der Waals surface area contributed by atoms with Crippen LogP contribution < -0.4 is 5.32 Å². The number of nitrogens with one attached hydrogen (secondary N) is 1. The molecule has 17 heavy (non-hydrogen) atoms. The van der Waals surface area contributed by atoms with Crippen LogP contribution in [0.25, 0.3) is 0 Å². The lowest BCUT2D eigenvalue weighted by Gasteiger charge is -2.23. The first-order valence-corrected chi connectivity index (χ1v) is 6.59. The number of rotatable bonds is 2. The molecule has 1 heterocycles. The molecular formula is C14H24N2O. The molecule has 0 bridgehead atoms. The highest BCUT2D eigenvalue weighted by molar-refractivity contribution is 5.28. The molecule has 96 valence electrons. The van der Waals surface area contributed by atoms with Crippen molar-refractivity contribution in [1.82, 2.24) is 10.5 Å². The maximum Gasteiger partial charge on any atom is 0.143 e. The quantitative estimate of drug-likeness (QED) is 0.856. The van der Waals surface area contributed by atoms with E-state index in [2.05, 4.69) is 45.1 Å². The van der Waals surface area contributed by atoms with E-state index in [1.807, 2.05) is 0 Å². The molecule has 1 aliphatic rings. The van der Waals surface area contributed by atoms with Crippen molar-refractivity contribution in [1.29, 1.82) is 0 Å². The molecular weight excluding hydrogens is 212 g/mol. The summed E-state index contributed by atoms with van der Waals surface area (Å²) in [6, 6.07) is 0. The van der Waals surface area contributed by atoms with Gasteiger partial charge in [0.05, 0.1) is 0 Å². The van der Waals surface area contributed by atoms with Gasteiger partial charge in [0.2, 0.25) is 0 Å². The first-order chi connectivity index (χ1) is 7.87. The molecule has 3 nitrogen and oxygen atoms in total. The highest BCUT2D eigenvalue weighted by atomic mass is 16.5. The monoisotopic (exact) mass is 236 g/mol. The first kappa shape index (κ1) is 12.6. The molecule has 0 amide bonds. The van der Waals surface area contributed by atoms with Gasteiger partial charge in [0, 0.05) is 23.6 Å². The summed E-state index contributed by atoms with van der Waals surface area (Å²) in [6.07, 6.45) is 2.33. The van der Waals surface area contributed by atoms with E-state index in [9.17, 15) is 0 Å². The van der Waals surface area contributed by atoms with Crippen LogP contribution in [0.4, 0.5) is 0 Å². The molecule has 0 aromatic carbocycles. The fourth-order valence-corrected chi connectivity index (χ4v) is 2.59. The fourth-order valence-electron chi connectivity index (χ4n) is 2.59. The zero-order valence-electron chi connectivity index (χ0n) is 11.6. The Morgan fingerprint density at radius 1 is 1.35 bits per heavy atom. The van der Waals surface area contributed by atoms with Gasteiger partial charge in [-0.25, -0.2) is 0 Å². The van der Waals surface area contributed by atoms with Crippen LogP contribution in [0.1, 0.15) is 64.0 Å². The van der Waals surface area contributed by atoms with Gasteiger partial charge in [0.15, 0.2) is 0 Å². The second kappa shape index (κ2) is 4.45. The van der Waals surface area contributed by atoms with Crippen molar-refractivity contribution in [3.05, 3.63) is 17.0 Å². The van der Waals surface area contributed by atoms with Crippen LogP contribution in [-0.2, 0) is 13.0 Å². The van der Waals surface area contributed by atoms with Crippen LogP contribution in [0.15, 0.2) is 4.52 Å². The lowest BCUT2D eigenvalue weighted by molar-refractivity contribution is 0.322. The van der Waals surface area contributed by atoms with E-state index in [1.165, 1.54) is 12.0 Å². The molecule has 0 fully saturated rings. The number of aromatic nitrogens is 1. The van der Waals surface area contributed by atoms with E-state index in [-0.39, 0.29) is 5.54 Å². The van der Waals surface area contributed by atoms with E-state index in [0.717, 1.165) is 30.3 Å². The van der Waals surface area contributed by atoms with Gasteiger partial charge in [-0.15, -0.1) is 0 Å². The Hall–Kier alpha value is -0.830. The van der Waals surface area contributed by atoms with Crippen LogP contribution in [-0.4, -0.2) is 10.7 Å². The number of hydrogen-bond donors (Lipinski definition) is 1. The molecule has 2 rings (SSSR count). The van der Waals surface area contributed by atoms with Gasteiger partial charge in [-0.3, -0.25) is 0 Å². The van der Waals surface area contributed by atoms with Crippen LogP contribution in [0, 0.1) is 5.92 Å². The first-order valence-electron chi connectivity index (χ1n) is 6.59. The molecule has 3 heteroatoms. The third kappa shape index (κ3) is 2.89. The molecule has 2 unspecified atom stereocenters. The molecule has 0 saturated heterocycles. The summed E-state index contributed by atoms with van der Waals surface area (Å²) in [7, 11) is 0. The van der Waals surface area contributed by atoms with Gasteiger partial charge in [-0.2, -0.15) is 0 Å². The Kier molecular flexibility index (Phi) is 3.30. The predicted molar refractivity (Wildman–Crippen MR) is 69.0 cm³/mol. The minimum absolute atomic E-state index is 0.123. The lowest BCUT2D eigenvalue weighted by Crippen LogP contribution is -2.35. The molecule has 0 radical (unpaired) electrons. The van der Waals surface area contributed by atoms with Gasteiger partial charge in [-0.1, -0.05) is 19.0 Å². The lowest BCUT2D eigenvalue weighted by atomic mass is 9.82. The van der Waals surface area contributed by atoms with Crippen molar-refractivity contribution in [3.63, 3.8) is 0 Å². The molecule has 1 aliphatic carbocycles. The van der Waals surface area contributed by atoms with E-state index >= 15 is 0 Å². The van der Waals surface area contributed by atoms with Crippen molar-refractivity contribution in [2.75, 3.05) is 0 Å². The van der Waals surface area contributed by atoms with Crippen LogP contribution >= 0.6 is 0 Å².